The van der Waals surface area contributed by atoms with Crippen molar-refractivity contribution >= 4 is 23.5 Å². The summed E-state index contributed by atoms with van der Waals surface area (Å²) in [6, 6.07) is 12.5. The second-order valence-corrected chi connectivity index (χ2v) is 7.25. The number of carbonyl (C=O) groups is 3. The number of hydrogen-bond acceptors (Lipinski definition) is 3. The minimum absolute atomic E-state index is 0.115. The highest BCUT2D eigenvalue weighted by molar-refractivity contribution is 6.05. The van der Waals surface area contributed by atoms with Gasteiger partial charge in [-0.05, 0) is 62.6 Å². The predicted octanol–water partition coefficient (Wildman–Crippen LogP) is 3.49. The number of hydrogen-bond donors (Lipinski definition) is 2. The second kappa shape index (κ2) is 8.25. The predicted molar refractivity (Wildman–Crippen MR) is 107 cm³/mol. The minimum Gasteiger partial charge on any atom is -0.481 e. The van der Waals surface area contributed by atoms with Gasteiger partial charge in [0.2, 0.25) is 0 Å². The lowest BCUT2D eigenvalue weighted by Gasteiger charge is -2.30. The van der Waals surface area contributed by atoms with Crippen LogP contribution in [0.25, 0.3) is 0 Å². The summed E-state index contributed by atoms with van der Waals surface area (Å²) >= 11 is 0. The standard InChI is InChI=1S/C22H24N2O4/c1-14-3-4-15(2)19(13-14)20(25)23-18-7-5-16(6-8-18)21(26)24-11-9-17(10-12-24)22(27)28/h3-8,13,17H,9-12H2,1-2H3,(H,23,25)(H,27,28). The zero-order chi connectivity index (χ0) is 20.3. The Labute approximate surface area is 164 Å². The van der Waals surface area contributed by atoms with E-state index in [2.05, 4.69) is 5.32 Å². The van der Waals surface area contributed by atoms with E-state index in [1.807, 2.05) is 32.0 Å². The fraction of sp³-hybridized carbons (Fsp3) is 0.318. The number of aliphatic carboxylic acids is 1. The lowest BCUT2D eigenvalue weighted by atomic mass is 9.96. The summed E-state index contributed by atoms with van der Waals surface area (Å²) < 4.78 is 0. The van der Waals surface area contributed by atoms with E-state index >= 15 is 0 Å². The number of aryl methyl sites for hydroxylation is 2. The smallest absolute Gasteiger partial charge is 0.306 e. The quantitative estimate of drug-likeness (QED) is 0.850. The number of anilines is 1. The Kier molecular flexibility index (Phi) is 5.78. The Morgan fingerprint density at radius 2 is 1.64 bits per heavy atom. The molecule has 0 saturated carbocycles. The average Bonchev–Trinajstić information content (AvgIpc) is 2.70. The molecular formula is C22H24N2O4. The van der Waals surface area contributed by atoms with Crippen LogP contribution in [0.3, 0.4) is 0 Å². The minimum atomic E-state index is -0.795. The van der Waals surface area contributed by atoms with Gasteiger partial charge in [0.05, 0.1) is 5.92 Å². The number of carboxylic acid groups (broad SMARTS) is 1. The topological polar surface area (TPSA) is 86.7 Å². The van der Waals surface area contributed by atoms with Crippen molar-refractivity contribution in [1.82, 2.24) is 4.90 Å². The number of nitrogens with zero attached hydrogens (tertiary/aromatic N) is 1. The van der Waals surface area contributed by atoms with Crippen LogP contribution in [-0.4, -0.2) is 40.9 Å². The van der Waals surface area contributed by atoms with Gasteiger partial charge in [-0.3, -0.25) is 14.4 Å². The summed E-state index contributed by atoms with van der Waals surface area (Å²) in [6.45, 7) is 4.72. The molecule has 0 aromatic heterocycles. The highest BCUT2D eigenvalue weighted by Gasteiger charge is 2.27. The van der Waals surface area contributed by atoms with Gasteiger partial charge >= 0.3 is 5.97 Å². The third-order valence-electron chi connectivity index (χ3n) is 5.16. The van der Waals surface area contributed by atoms with Crippen molar-refractivity contribution in [2.45, 2.75) is 26.7 Å². The first kappa shape index (κ1) is 19.6. The zero-order valence-corrected chi connectivity index (χ0v) is 16.1. The van der Waals surface area contributed by atoms with E-state index < -0.39 is 5.97 Å². The molecule has 2 aromatic carbocycles. The van der Waals surface area contributed by atoms with Crippen molar-refractivity contribution < 1.29 is 19.5 Å². The summed E-state index contributed by atoms with van der Waals surface area (Å²) in [5, 5.41) is 11.9. The molecule has 0 atom stereocenters. The average molecular weight is 380 g/mol. The maximum atomic E-state index is 12.6. The molecule has 1 saturated heterocycles. The first-order chi connectivity index (χ1) is 13.3. The van der Waals surface area contributed by atoms with Gasteiger partial charge in [-0.2, -0.15) is 0 Å². The molecule has 2 N–H and O–H groups in total. The molecule has 146 valence electrons. The SMILES string of the molecule is Cc1ccc(C)c(C(=O)Nc2ccc(C(=O)N3CCC(C(=O)O)CC3)cc2)c1. The van der Waals surface area contributed by atoms with Gasteiger partial charge in [-0.25, -0.2) is 0 Å². The molecule has 0 spiro atoms. The number of likely N-dealkylation sites (tertiary alicyclic amines) is 1. The number of carbonyl (C=O) groups excluding carboxylic acids is 2. The third-order valence-corrected chi connectivity index (χ3v) is 5.16. The molecule has 0 bridgehead atoms. The Bertz CT molecular complexity index is 897. The maximum Gasteiger partial charge on any atom is 0.306 e. The lowest BCUT2D eigenvalue weighted by Crippen LogP contribution is -2.40. The van der Waals surface area contributed by atoms with Crippen LogP contribution in [-0.2, 0) is 4.79 Å². The van der Waals surface area contributed by atoms with E-state index in [1.165, 1.54) is 0 Å². The zero-order valence-electron chi connectivity index (χ0n) is 16.1. The maximum absolute atomic E-state index is 12.6. The lowest BCUT2D eigenvalue weighted by molar-refractivity contribution is -0.143. The normalized spacial score (nSPS) is 14.6. The highest BCUT2D eigenvalue weighted by Crippen LogP contribution is 2.20. The van der Waals surface area contributed by atoms with Crippen molar-refractivity contribution in [3.63, 3.8) is 0 Å². The molecule has 3 rings (SSSR count). The van der Waals surface area contributed by atoms with Crippen LogP contribution in [0.15, 0.2) is 42.5 Å². The Morgan fingerprint density at radius 1 is 1.00 bits per heavy atom. The fourth-order valence-corrected chi connectivity index (χ4v) is 3.39. The van der Waals surface area contributed by atoms with Crippen molar-refractivity contribution in [3.05, 3.63) is 64.7 Å². The van der Waals surface area contributed by atoms with E-state index in [0.29, 0.717) is 42.7 Å². The van der Waals surface area contributed by atoms with Crippen molar-refractivity contribution in [1.29, 1.82) is 0 Å². The number of carboxylic acids is 1. The van der Waals surface area contributed by atoms with E-state index in [9.17, 15) is 14.4 Å². The number of amides is 2. The second-order valence-electron chi connectivity index (χ2n) is 7.25. The molecule has 2 amide bonds. The summed E-state index contributed by atoms with van der Waals surface area (Å²) in [5.74, 6) is -1.46. The fourth-order valence-electron chi connectivity index (χ4n) is 3.39. The summed E-state index contributed by atoms with van der Waals surface area (Å²) in [7, 11) is 0. The van der Waals surface area contributed by atoms with E-state index in [-0.39, 0.29) is 17.7 Å². The molecule has 1 fully saturated rings. The summed E-state index contributed by atoms with van der Waals surface area (Å²) in [4.78, 5) is 37.8. The van der Waals surface area contributed by atoms with Gasteiger partial charge in [0.1, 0.15) is 0 Å². The molecule has 0 aliphatic carbocycles. The van der Waals surface area contributed by atoms with Gasteiger partial charge in [0.15, 0.2) is 0 Å². The first-order valence-corrected chi connectivity index (χ1v) is 9.36. The van der Waals surface area contributed by atoms with Crippen LogP contribution in [0, 0.1) is 19.8 Å². The molecule has 6 nitrogen and oxygen atoms in total. The highest BCUT2D eigenvalue weighted by atomic mass is 16.4. The third kappa shape index (κ3) is 4.39. The molecule has 1 heterocycles. The Balaban J connectivity index is 1.63. The molecule has 2 aromatic rings. The van der Waals surface area contributed by atoms with Crippen LogP contribution in [0.4, 0.5) is 5.69 Å². The summed E-state index contributed by atoms with van der Waals surface area (Å²) in [5.41, 5.74) is 3.69. The molecule has 1 aliphatic rings. The molecule has 0 unspecified atom stereocenters. The van der Waals surface area contributed by atoms with Crippen LogP contribution >= 0.6 is 0 Å². The van der Waals surface area contributed by atoms with Crippen molar-refractivity contribution in [2.24, 2.45) is 5.92 Å². The number of nitrogens with one attached hydrogen (secondary N) is 1. The summed E-state index contributed by atoms with van der Waals surface area (Å²) in [6.07, 6.45) is 0.954. The Hall–Kier alpha value is -3.15. The molecule has 28 heavy (non-hydrogen) atoms. The van der Waals surface area contributed by atoms with Gasteiger partial charge in [0.25, 0.3) is 11.8 Å². The van der Waals surface area contributed by atoms with Gasteiger partial charge in [-0.1, -0.05) is 17.7 Å². The van der Waals surface area contributed by atoms with Crippen LogP contribution in [0.1, 0.15) is 44.7 Å². The van der Waals surface area contributed by atoms with Gasteiger partial charge in [0, 0.05) is 29.9 Å². The van der Waals surface area contributed by atoms with E-state index in [4.69, 9.17) is 5.11 Å². The monoisotopic (exact) mass is 380 g/mol. The van der Waals surface area contributed by atoms with Crippen LogP contribution in [0.2, 0.25) is 0 Å². The number of benzene rings is 2. The van der Waals surface area contributed by atoms with E-state index in [0.717, 1.165) is 11.1 Å². The Morgan fingerprint density at radius 3 is 2.25 bits per heavy atom. The number of piperidine rings is 1. The van der Waals surface area contributed by atoms with Crippen molar-refractivity contribution in [3.8, 4) is 0 Å². The molecule has 6 heteroatoms. The number of rotatable bonds is 4. The van der Waals surface area contributed by atoms with Crippen LogP contribution in [0.5, 0.6) is 0 Å². The van der Waals surface area contributed by atoms with Crippen molar-refractivity contribution in [2.75, 3.05) is 18.4 Å². The van der Waals surface area contributed by atoms with E-state index in [1.54, 1.807) is 29.2 Å². The van der Waals surface area contributed by atoms with Gasteiger partial charge < -0.3 is 15.3 Å². The largest absolute Gasteiger partial charge is 0.481 e. The molecule has 1 aliphatic heterocycles. The molecule has 0 radical (unpaired) electrons. The van der Waals surface area contributed by atoms with Gasteiger partial charge in [-0.15, -0.1) is 0 Å². The van der Waals surface area contributed by atoms with Crippen LogP contribution < -0.4 is 5.32 Å². The molecular weight excluding hydrogens is 356 g/mol. The first-order valence-electron chi connectivity index (χ1n) is 9.36.